The molecule has 4 heterocycles. The third kappa shape index (κ3) is 4.14. The zero-order valence-electron chi connectivity index (χ0n) is 20.4. The van der Waals surface area contributed by atoms with Crippen LogP contribution in [0.1, 0.15) is 47.3 Å². The van der Waals surface area contributed by atoms with Crippen molar-refractivity contribution < 1.29 is 9.59 Å². The fraction of sp³-hybridized carbons (Fsp3) is 0.346. The molecule has 0 radical (unpaired) electrons. The Kier molecular flexibility index (Phi) is 5.96. The van der Waals surface area contributed by atoms with Crippen molar-refractivity contribution >= 4 is 45.7 Å². The summed E-state index contributed by atoms with van der Waals surface area (Å²) in [6, 6.07) is 8.25. The Bertz CT molecular complexity index is 1340. The molecule has 0 aliphatic carbocycles. The second kappa shape index (κ2) is 8.96. The highest BCUT2D eigenvalue weighted by Crippen LogP contribution is 2.32. The van der Waals surface area contributed by atoms with Gasteiger partial charge in [-0.3, -0.25) is 15.0 Å². The lowest BCUT2D eigenvalue weighted by atomic mass is 10.1. The number of amides is 2. The maximum absolute atomic E-state index is 12.9. The Morgan fingerprint density at radius 2 is 1.83 bits per heavy atom. The van der Waals surface area contributed by atoms with Gasteiger partial charge in [-0.05, 0) is 81.1 Å². The molecule has 2 amide bonds. The predicted molar refractivity (Wildman–Crippen MR) is 140 cm³/mol. The number of nitrogens with zero attached hydrogens (tertiary/aromatic N) is 5. The number of carbonyl (C=O) groups excluding carboxylic acids is 2. The maximum atomic E-state index is 12.9. The summed E-state index contributed by atoms with van der Waals surface area (Å²) in [4.78, 5) is 31.5. The number of benzene rings is 1. The van der Waals surface area contributed by atoms with E-state index < -0.39 is 5.91 Å². The largest absolute Gasteiger partial charge is 0.342 e. The van der Waals surface area contributed by atoms with Crippen LogP contribution in [0.2, 0.25) is 0 Å². The normalized spacial score (nSPS) is 18.9. The molecule has 0 saturated carbocycles. The van der Waals surface area contributed by atoms with Crippen LogP contribution in [0.25, 0.3) is 11.8 Å². The van der Waals surface area contributed by atoms with Gasteiger partial charge in [0.1, 0.15) is 5.04 Å². The molecule has 8 nitrogen and oxygen atoms in total. The number of hydrazone groups is 1. The first-order valence-corrected chi connectivity index (χ1v) is 12.6. The van der Waals surface area contributed by atoms with Gasteiger partial charge in [0, 0.05) is 24.5 Å². The SMILES string of the molecule is Cc1cccc(C)c1-n1c(C)cc(/C=C2/C(=N)N3N=C(CC(=O)N4CCCC4)SC3=NC2=O)c1C. The zero-order valence-corrected chi connectivity index (χ0v) is 21.2. The molecule has 0 atom stereocenters. The van der Waals surface area contributed by atoms with Crippen LogP contribution in [-0.4, -0.2) is 55.4 Å². The third-order valence-electron chi connectivity index (χ3n) is 6.69. The summed E-state index contributed by atoms with van der Waals surface area (Å²) < 4.78 is 2.19. The molecule has 1 aromatic carbocycles. The van der Waals surface area contributed by atoms with Crippen LogP contribution in [-0.2, 0) is 9.59 Å². The molecular formula is C26H28N6O2S. The lowest BCUT2D eigenvalue weighted by molar-refractivity contribution is -0.128. The van der Waals surface area contributed by atoms with Crippen LogP contribution >= 0.6 is 11.8 Å². The molecule has 9 heteroatoms. The van der Waals surface area contributed by atoms with Crippen LogP contribution in [0.15, 0.2) is 39.9 Å². The molecule has 0 unspecified atom stereocenters. The molecule has 0 spiro atoms. The molecule has 1 N–H and O–H groups in total. The molecule has 3 aliphatic rings. The van der Waals surface area contributed by atoms with Crippen LogP contribution in [0.3, 0.4) is 0 Å². The van der Waals surface area contributed by atoms with Crippen molar-refractivity contribution in [3.8, 4) is 5.69 Å². The lowest BCUT2D eigenvalue weighted by Gasteiger charge is -2.20. The van der Waals surface area contributed by atoms with E-state index in [9.17, 15) is 9.59 Å². The van der Waals surface area contributed by atoms with E-state index in [0.29, 0.717) is 10.2 Å². The fourth-order valence-corrected chi connectivity index (χ4v) is 5.78. The second-order valence-corrected chi connectivity index (χ2v) is 10.2. The number of aryl methyl sites for hydroxylation is 3. The molecule has 35 heavy (non-hydrogen) atoms. The zero-order chi connectivity index (χ0) is 24.9. The Morgan fingerprint density at radius 1 is 1.14 bits per heavy atom. The van der Waals surface area contributed by atoms with Crippen molar-refractivity contribution in [2.75, 3.05) is 13.1 Å². The van der Waals surface area contributed by atoms with Crippen molar-refractivity contribution in [3.05, 3.63) is 57.9 Å². The number of hydrogen-bond donors (Lipinski definition) is 1. The number of aliphatic imine (C=N–C) groups is 1. The van der Waals surface area contributed by atoms with Gasteiger partial charge in [-0.1, -0.05) is 18.2 Å². The number of amidine groups is 2. The Balaban J connectivity index is 1.44. The van der Waals surface area contributed by atoms with E-state index in [-0.39, 0.29) is 23.7 Å². The third-order valence-corrected chi connectivity index (χ3v) is 7.60. The number of likely N-dealkylation sites (tertiary alicyclic amines) is 1. The molecule has 1 saturated heterocycles. The lowest BCUT2D eigenvalue weighted by Crippen LogP contribution is -2.35. The highest BCUT2D eigenvalue weighted by molar-refractivity contribution is 8.27. The number of carbonyl (C=O) groups is 2. The first kappa shape index (κ1) is 23.3. The molecule has 3 aliphatic heterocycles. The Morgan fingerprint density at radius 3 is 2.51 bits per heavy atom. The summed E-state index contributed by atoms with van der Waals surface area (Å²) >= 11 is 1.19. The minimum Gasteiger partial charge on any atom is -0.342 e. The summed E-state index contributed by atoms with van der Waals surface area (Å²) in [7, 11) is 0. The fourth-order valence-electron chi connectivity index (χ4n) is 4.90. The van der Waals surface area contributed by atoms with Crippen molar-refractivity contribution in [1.29, 1.82) is 5.41 Å². The van der Waals surface area contributed by atoms with Crippen LogP contribution < -0.4 is 0 Å². The molecular weight excluding hydrogens is 460 g/mol. The number of fused-ring (bicyclic) bond motifs is 1. The molecule has 2 aromatic rings. The molecule has 0 bridgehead atoms. The molecule has 1 aromatic heterocycles. The smallest absolute Gasteiger partial charge is 0.283 e. The topological polar surface area (TPSA) is 94.1 Å². The highest BCUT2D eigenvalue weighted by Gasteiger charge is 2.36. The number of rotatable bonds is 4. The second-order valence-electron chi connectivity index (χ2n) is 9.18. The van der Waals surface area contributed by atoms with Gasteiger partial charge in [-0.15, -0.1) is 0 Å². The number of thioether (sulfide) groups is 1. The van der Waals surface area contributed by atoms with Crippen LogP contribution in [0.4, 0.5) is 0 Å². The van der Waals surface area contributed by atoms with E-state index in [0.717, 1.165) is 48.6 Å². The van der Waals surface area contributed by atoms with Gasteiger partial charge in [0.05, 0.1) is 17.7 Å². The van der Waals surface area contributed by atoms with Gasteiger partial charge in [0.25, 0.3) is 5.91 Å². The van der Waals surface area contributed by atoms with Gasteiger partial charge in [-0.2, -0.15) is 15.1 Å². The predicted octanol–water partition coefficient (Wildman–Crippen LogP) is 4.34. The number of nitrogens with one attached hydrogen (secondary N) is 1. The summed E-state index contributed by atoms with van der Waals surface area (Å²) in [6.45, 7) is 9.79. The van der Waals surface area contributed by atoms with E-state index in [1.165, 1.54) is 27.9 Å². The average Bonchev–Trinajstić information content (AvgIpc) is 3.53. The minimum absolute atomic E-state index is 0.0204. The Hall–Kier alpha value is -3.46. The minimum atomic E-state index is -0.465. The van der Waals surface area contributed by atoms with Crippen molar-refractivity contribution in [1.82, 2.24) is 14.5 Å². The first-order chi connectivity index (χ1) is 16.7. The van der Waals surface area contributed by atoms with Gasteiger partial charge < -0.3 is 9.47 Å². The first-order valence-electron chi connectivity index (χ1n) is 11.8. The summed E-state index contributed by atoms with van der Waals surface area (Å²) in [5.74, 6) is -0.456. The number of hydrogen-bond acceptors (Lipinski definition) is 5. The quantitative estimate of drug-likeness (QED) is 0.648. The standard InChI is InChI=1S/C26H28N6O2S/c1-15-8-7-9-16(2)23(15)31-17(3)12-19(18(31)4)13-20-24(27)32-26(28-25(20)34)35-21(29-32)14-22(33)30-10-5-6-11-30/h7-9,12-13,27H,5-6,10-11,14H2,1-4H3/b20-13-,27-24?. The monoisotopic (exact) mass is 488 g/mol. The van der Waals surface area contributed by atoms with Crippen molar-refractivity contribution in [2.24, 2.45) is 10.1 Å². The van der Waals surface area contributed by atoms with E-state index in [1.54, 1.807) is 6.08 Å². The van der Waals surface area contributed by atoms with E-state index >= 15 is 0 Å². The molecule has 5 rings (SSSR count). The van der Waals surface area contributed by atoms with Crippen molar-refractivity contribution in [2.45, 2.75) is 47.0 Å². The van der Waals surface area contributed by atoms with E-state index in [4.69, 9.17) is 5.41 Å². The van der Waals surface area contributed by atoms with Gasteiger partial charge in [-0.25, -0.2) is 0 Å². The van der Waals surface area contributed by atoms with Crippen LogP contribution in [0, 0.1) is 33.1 Å². The van der Waals surface area contributed by atoms with Gasteiger partial charge in [0.15, 0.2) is 5.84 Å². The maximum Gasteiger partial charge on any atom is 0.283 e. The van der Waals surface area contributed by atoms with Gasteiger partial charge >= 0.3 is 0 Å². The van der Waals surface area contributed by atoms with Gasteiger partial charge in [0.2, 0.25) is 11.1 Å². The summed E-state index contributed by atoms with van der Waals surface area (Å²) in [5, 5.41) is 15.4. The summed E-state index contributed by atoms with van der Waals surface area (Å²) in [6.07, 6.45) is 3.95. The highest BCUT2D eigenvalue weighted by atomic mass is 32.2. The number of aromatic nitrogens is 1. The summed E-state index contributed by atoms with van der Waals surface area (Å²) in [5.41, 5.74) is 6.54. The number of para-hydroxylation sites is 1. The van der Waals surface area contributed by atoms with Crippen LogP contribution in [0.5, 0.6) is 0 Å². The molecule has 1 fully saturated rings. The average molecular weight is 489 g/mol. The molecule has 180 valence electrons. The Labute approximate surface area is 208 Å². The van der Waals surface area contributed by atoms with Crippen molar-refractivity contribution in [3.63, 3.8) is 0 Å². The van der Waals surface area contributed by atoms with E-state index in [2.05, 4.69) is 40.6 Å². The van der Waals surface area contributed by atoms with E-state index in [1.807, 2.05) is 30.9 Å².